The van der Waals surface area contributed by atoms with Gasteiger partial charge in [0.2, 0.25) is 0 Å². The van der Waals surface area contributed by atoms with Gasteiger partial charge in [0.25, 0.3) is 10.0 Å². The highest BCUT2D eigenvalue weighted by atomic mass is 79.9. The Morgan fingerprint density at radius 3 is 2.47 bits per heavy atom. The zero-order valence-corrected chi connectivity index (χ0v) is 9.65. The minimum absolute atomic E-state index is 0.0181. The van der Waals surface area contributed by atoms with Gasteiger partial charge in [-0.05, 0) is 34.1 Å². The lowest BCUT2D eigenvalue weighted by Gasteiger charge is -2.08. The number of anilines is 2. The van der Waals surface area contributed by atoms with Crippen molar-refractivity contribution < 1.29 is 17.2 Å². The first-order valence-electron chi connectivity index (χ1n) is 3.68. The van der Waals surface area contributed by atoms with Crippen LogP contribution in [0.25, 0.3) is 0 Å². The first kappa shape index (κ1) is 12.2. The maximum Gasteiger partial charge on any atom is 0.355 e. The van der Waals surface area contributed by atoms with Crippen LogP contribution in [0.1, 0.15) is 0 Å². The van der Waals surface area contributed by atoms with Crippen LogP contribution in [-0.2, 0) is 10.0 Å². The molecule has 15 heavy (non-hydrogen) atoms. The number of nitrogens with two attached hydrogens (primary N) is 1. The number of alkyl halides is 2. The third kappa shape index (κ3) is 3.03. The maximum absolute atomic E-state index is 12.0. The predicted molar refractivity (Wildman–Crippen MR) is 57.1 cm³/mol. The van der Waals surface area contributed by atoms with E-state index in [4.69, 9.17) is 5.73 Å². The Hall–Kier alpha value is -0.890. The van der Waals surface area contributed by atoms with Crippen molar-refractivity contribution in [3.63, 3.8) is 0 Å². The van der Waals surface area contributed by atoms with Crippen molar-refractivity contribution in [2.24, 2.45) is 0 Å². The van der Waals surface area contributed by atoms with Gasteiger partial charge in [-0.2, -0.15) is 8.78 Å². The van der Waals surface area contributed by atoms with Crippen molar-refractivity contribution >= 4 is 37.3 Å². The van der Waals surface area contributed by atoms with Crippen molar-refractivity contribution in [1.82, 2.24) is 0 Å². The number of nitrogens with one attached hydrogen (secondary N) is 1. The monoisotopic (exact) mass is 300 g/mol. The summed E-state index contributed by atoms with van der Waals surface area (Å²) in [6, 6.07) is 4.09. The number of benzene rings is 1. The molecule has 4 nitrogen and oxygen atoms in total. The summed E-state index contributed by atoms with van der Waals surface area (Å²) in [4.78, 5) is 0. The van der Waals surface area contributed by atoms with Crippen LogP contribution in [0.5, 0.6) is 0 Å². The number of sulfonamides is 1. The van der Waals surface area contributed by atoms with Crippen LogP contribution in [0.3, 0.4) is 0 Å². The first-order valence-corrected chi connectivity index (χ1v) is 6.01. The molecule has 0 fully saturated rings. The summed E-state index contributed by atoms with van der Waals surface area (Å²) < 4.78 is 47.7. The summed E-state index contributed by atoms with van der Waals surface area (Å²) in [7, 11) is -4.64. The lowest BCUT2D eigenvalue weighted by Crippen LogP contribution is -2.20. The molecule has 0 atom stereocenters. The lowest BCUT2D eigenvalue weighted by atomic mass is 10.3. The van der Waals surface area contributed by atoms with Gasteiger partial charge in [0, 0.05) is 10.2 Å². The number of rotatable bonds is 3. The van der Waals surface area contributed by atoms with E-state index in [-0.39, 0.29) is 5.69 Å². The van der Waals surface area contributed by atoms with Crippen LogP contribution in [-0.4, -0.2) is 14.2 Å². The molecule has 0 amide bonds. The van der Waals surface area contributed by atoms with E-state index in [1.165, 1.54) is 18.2 Å². The molecule has 1 rings (SSSR count). The molecule has 0 unspecified atom stereocenters. The minimum atomic E-state index is -4.64. The third-order valence-electron chi connectivity index (χ3n) is 1.48. The zero-order chi connectivity index (χ0) is 11.6. The Bertz CT molecular complexity index is 464. The number of hydrogen-bond acceptors (Lipinski definition) is 3. The molecule has 0 aliphatic carbocycles. The molecule has 0 saturated carbocycles. The van der Waals surface area contributed by atoms with Gasteiger partial charge >= 0.3 is 5.76 Å². The molecular weight excluding hydrogens is 294 g/mol. The van der Waals surface area contributed by atoms with E-state index in [1.807, 2.05) is 0 Å². The number of hydrogen-bond donors (Lipinski definition) is 2. The Kier molecular flexibility index (Phi) is 3.50. The third-order valence-corrected chi connectivity index (χ3v) is 3.11. The Balaban J connectivity index is 3.01. The van der Waals surface area contributed by atoms with Crippen LogP contribution in [0.2, 0.25) is 0 Å². The van der Waals surface area contributed by atoms with Crippen LogP contribution in [0.15, 0.2) is 22.7 Å². The Morgan fingerprint density at radius 1 is 1.40 bits per heavy atom. The molecular formula is C7H7BrF2N2O2S. The van der Waals surface area contributed by atoms with Gasteiger partial charge in [0.1, 0.15) is 0 Å². The number of halogens is 3. The van der Waals surface area contributed by atoms with Crippen molar-refractivity contribution in [3.8, 4) is 0 Å². The molecule has 8 heteroatoms. The van der Waals surface area contributed by atoms with Crippen molar-refractivity contribution in [3.05, 3.63) is 22.7 Å². The molecule has 3 N–H and O–H groups in total. The van der Waals surface area contributed by atoms with Crippen LogP contribution in [0.4, 0.5) is 20.2 Å². The van der Waals surface area contributed by atoms with Gasteiger partial charge in [-0.15, -0.1) is 0 Å². The molecule has 0 saturated heterocycles. The van der Waals surface area contributed by atoms with Gasteiger partial charge in [-0.25, -0.2) is 8.42 Å². The average Bonchev–Trinajstić information content (AvgIpc) is 2.09. The van der Waals surface area contributed by atoms with Crippen molar-refractivity contribution in [1.29, 1.82) is 0 Å². The predicted octanol–water partition coefficient (Wildman–Crippen LogP) is 2.00. The second-order valence-electron chi connectivity index (χ2n) is 2.65. The largest absolute Gasteiger partial charge is 0.399 e. The summed E-state index contributed by atoms with van der Waals surface area (Å²) in [6.07, 6.45) is 0. The average molecular weight is 301 g/mol. The molecule has 1 aromatic carbocycles. The highest BCUT2D eigenvalue weighted by Gasteiger charge is 2.24. The summed E-state index contributed by atoms with van der Waals surface area (Å²) in [5, 5.41) is 0. The van der Waals surface area contributed by atoms with E-state index < -0.39 is 15.8 Å². The smallest absolute Gasteiger partial charge is 0.355 e. The second kappa shape index (κ2) is 4.31. The van der Waals surface area contributed by atoms with Gasteiger partial charge in [0.15, 0.2) is 0 Å². The zero-order valence-electron chi connectivity index (χ0n) is 7.25. The molecule has 0 aromatic heterocycles. The molecule has 0 heterocycles. The van der Waals surface area contributed by atoms with Crippen molar-refractivity contribution in [2.75, 3.05) is 10.5 Å². The first-order chi connectivity index (χ1) is 6.83. The molecule has 84 valence electrons. The SMILES string of the molecule is Nc1ccc(NS(=O)(=O)C(F)F)c(Br)c1. The van der Waals surface area contributed by atoms with Gasteiger partial charge in [0.05, 0.1) is 5.69 Å². The molecule has 1 aromatic rings. The normalized spacial score (nSPS) is 11.7. The Morgan fingerprint density at radius 2 is 2.00 bits per heavy atom. The summed E-state index contributed by atoms with van der Waals surface area (Å²) in [5.41, 5.74) is 5.80. The number of nitrogen functional groups attached to an aromatic ring is 1. The van der Waals surface area contributed by atoms with Gasteiger partial charge in [-0.1, -0.05) is 0 Å². The Labute approximate surface area is 93.6 Å². The van der Waals surface area contributed by atoms with Gasteiger partial charge in [-0.3, -0.25) is 4.72 Å². The minimum Gasteiger partial charge on any atom is -0.399 e. The topological polar surface area (TPSA) is 72.2 Å². The summed E-state index contributed by atoms with van der Waals surface area (Å²) in [5.74, 6) is -3.47. The fourth-order valence-corrected chi connectivity index (χ4v) is 2.01. The van der Waals surface area contributed by atoms with Crippen LogP contribution < -0.4 is 10.5 Å². The maximum atomic E-state index is 12.0. The van der Waals surface area contributed by atoms with E-state index in [0.717, 1.165) is 0 Å². The molecule has 0 radical (unpaired) electrons. The fraction of sp³-hybridized carbons (Fsp3) is 0.143. The van der Waals surface area contributed by atoms with E-state index in [1.54, 1.807) is 4.72 Å². The molecule has 0 aliphatic heterocycles. The standard InChI is InChI=1S/C7H7BrF2N2O2S/c8-5-3-4(11)1-2-6(5)12-15(13,14)7(9)10/h1-3,7,12H,11H2. The van der Waals surface area contributed by atoms with Crippen LogP contribution in [0, 0.1) is 0 Å². The molecule has 0 aliphatic rings. The quantitative estimate of drug-likeness (QED) is 0.839. The highest BCUT2D eigenvalue weighted by Crippen LogP contribution is 2.26. The van der Waals surface area contributed by atoms with Gasteiger partial charge < -0.3 is 5.73 Å². The fourth-order valence-electron chi connectivity index (χ4n) is 0.812. The van der Waals surface area contributed by atoms with Crippen LogP contribution >= 0.6 is 15.9 Å². The molecule has 0 spiro atoms. The summed E-state index contributed by atoms with van der Waals surface area (Å²) in [6.45, 7) is 0. The van der Waals surface area contributed by atoms with E-state index >= 15 is 0 Å². The second-order valence-corrected chi connectivity index (χ2v) is 5.15. The highest BCUT2D eigenvalue weighted by molar-refractivity contribution is 9.10. The van der Waals surface area contributed by atoms with E-state index in [9.17, 15) is 17.2 Å². The van der Waals surface area contributed by atoms with Crippen molar-refractivity contribution in [2.45, 2.75) is 5.76 Å². The van der Waals surface area contributed by atoms with E-state index in [0.29, 0.717) is 10.2 Å². The lowest BCUT2D eigenvalue weighted by molar-refractivity contribution is 0.236. The van der Waals surface area contributed by atoms with E-state index in [2.05, 4.69) is 15.9 Å². The summed E-state index contributed by atoms with van der Waals surface area (Å²) >= 11 is 3.00. The molecule has 0 bridgehead atoms.